The number of esters is 1. The molecule has 0 aromatic carbocycles. The number of Topliss-reactive ketones (excluding diaryl/α,β-unsaturated/α-hetero) is 1. The standard InChI is InChI=1S/C22H32O3/c1-20-11-12-22(10-8-19(24)25-22)13-14(20)3-4-15-16-5-6-18(23)21(16,2)9-7-17(15)20/h14-17H,3-13H2,1-2H3/t14?,15-,16-,17-,20-,21-,22-/m0/s1. The first-order valence-corrected chi connectivity index (χ1v) is 10.6. The summed E-state index contributed by atoms with van der Waals surface area (Å²) in [6.07, 6.45) is 11.8. The predicted molar refractivity (Wildman–Crippen MR) is 94.8 cm³/mol. The van der Waals surface area contributed by atoms with Crippen LogP contribution in [0.3, 0.4) is 0 Å². The fourth-order valence-corrected chi connectivity index (χ4v) is 8.07. The molecule has 4 saturated carbocycles. The van der Waals surface area contributed by atoms with Gasteiger partial charge in [-0.15, -0.1) is 0 Å². The Labute approximate surface area is 151 Å². The molecular formula is C22H32O3. The van der Waals surface area contributed by atoms with Gasteiger partial charge in [-0.2, -0.15) is 0 Å². The summed E-state index contributed by atoms with van der Waals surface area (Å²) in [5.41, 5.74) is 0.262. The lowest BCUT2D eigenvalue weighted by Crippen LogP contribution is -2.55. The van der Waals surface area contributed by atoms with Gasteiger partial charge in [0.1, 0.15) is 11.4 Å². The van der Waals surface area contributed by atoms with Gasteiger partial charge in [-0.1, -0.05) is 13.8 Å². The fraction of sp³-hybridized carbons (Fsp3) is 0.909. The average molecular weight is 344 g/mol. The molecule has 5 aliphatic rings. The number of fused-ring (bicyclic) bond motifs is 5. The highest BCUT2D eigenvalue weighted by Crippen LogP contribution is 2.67. The molecule has 1 spiro atoms. The number of rotatable bonds is 0. The Morgan fingerprint density at radius 1 is 0.880 bits per heavy atom. The summed E-state index contributed by atoms with van der Waals surface area (Å²) < 4.78 is 5.84. The van der Waals surface area contributed by atoms with E-state index in [-0.39, 0.29) is 17.0 Å². The van der Waals surface area contributed by atoms with E-state index in [4.69, 9.17) is 4.74 Å². The van der Waals surface area contributed by atoms with Crippen LogP contribution in [-0.2, 0) is 14.3 Å². The lowest BCUT2D eigenvalue weighted by atomic mass is 9.44. The normalized spacial score (nSPS) is 54.8. The first kappa shape index (κ1) is 16.3. The Morgan fingerprint density at radius 3 is 2.48 bits per heavy atom. The number of hydrogen-bond acceptors (Lipinski definition) is 3. The summed E-state index contributed by atoms with van der Waals surface area (Å²) in [4.78, 5) is 24.2. The van der Waals surface area contributed by atoms with E-state index in [1.54, 1.807) is 0 Å². The third-order valence-corrected chi connectivity index (χ3v) is 9.63. The molecule has 1 unspecified atom stereocenters. The van der Waals surface area contributed by atoms with Crippen LogP contribution in [-0.4, -0.2) is 17.4 Å². The summed E-state index contributed by atoms with van der Waals surface area (Å²) in [7, 11) is 0. The molecule has 25 heavy (non-hydrogen) atoms. The Bertz CT molecular complexity index is 627. The second-order valence-electron chi connectivity index (χ2n) is 10.4. The van der Waals surface area contributed by atoms with Crippen LogP contribution in [0.1, 0.15) is 84.5 Å². The summed E-state index contributed by atoms with van der Waals surface area (Å²) in [5.74, 6) is 3.45. The van der Waals surface area contributed by atoms with Gasteiger partial charge in [0.25, 0.3) is 0 Å². The van der Waals surface area contributed by atoms with Gasteiger partial charge in [-0.3, -0.25) is 9.59 Å². The van der Waals surface area contributed by atoms with Crippen molar-refractivity contribution in [3.8, 4) is 0 Å². The SMILES string of the molecule is C[C@]12CC[C@@]3(CCC(=O)O3)CC1CC[C@@H]1[C@@H]2CC[C@]2(C)C(=O)CC[C@@H]12. The van der Waals surface area contributed by atoms with Crippen LogP contribution < -0.4 is 0 Å². The second kappa shape index (κ2) is 5.10. The highest BCUT2D eigenvalue weighted by Gasteiger charge is 2.62. The van der Waals surface area contributed by atoms with E-state index < -0.39 is 0 Å². The first-order chi connectivity index (χ1) is 11.9. The lowest BCUT2D eigenvalue weighted by molar-refractivity contribution is -0.170. The van der Waals surface area contributed by atoms with Crippen LogP contribution in [0, 0.1) is 34.5 Å². The molecule has 0 N–H and O–H groups in total. The Morgan fingerprint density at radius 2 is 1.72 bits per heavy atom. The quantitative estimate of drug-likeness (QED) is 0.600. The molecule has 1 saturated heterocycles. The molecule has 3 nitrogen and oxygen atoms in total. The molecule has 138 valence electrons. The largest absolute Gasteiger partial charge is 0.459 e. The molecule has 0 aromatic rings. The molecule has 0 amide bonds. The van der Waals surface area contributed by atoms with Gasteiger partial charge >= 0.3 is 5.97 Å². The van der Waals surface area contributed by atoms with E-state index in [1.807, 2.05) is 0 Å². The number of carbonyl (C=O) groups is 2. The van der Waals surface area contributed by atoms with Crippen molar-refractivity contribution >= 4 is 11.8 Å². The molecule has 7 atom stereocenters. The number of hydrogen-bond donors (Lipinski definition) is 0. The van der Waals surface area contributed by atoms with Crippen molar-refractivity contribution in [1.29, 1.82) is 0 Å². The zero-order chi connectivity index (χ0) is 17.4. The van der Waals surface area contributed by atoms with Crippen molar-refractivity contribution in [2.45, 2.75) is 90.1 Å². The maximum Gasteiger partial charge on any atom is 0.306 e. The Hall–Kier alpha value is -0.860. The van der Waals surface area contributed by atoms with Crippen molar-refractivity contribution < 1.29 is 14.3 Å². The van der Waals surface area contributed by atoms with E-state index >= 15 is 0 Å². The van der Waals surface area contributed by atoms with Crippen LogP contribution >= 0.6 is 0 Å². The molecular weight excluding hydrogens is 312 g/mol. The number of ether oxygens (including phenoxy) is 1. The predicted octanol–water partition coefficient (Wildman–Crippen LogP) is 4.67. The van der Waals surface area contributed by atoms with Crippen LogP contribution in [0.4, 0.5) is 0 Å². The van der Waals surface area contributed by atoms with Crippen molar-refractivity contribution in [1.82, 2.24) is 0 Å². The minimum atomic E-state index is -0.124. The van der Waals surface area contributed by atoms with Gasteiger partial charge in [-0.05, 0) is 86.9 Å². The van der Waals surface area contributed by atoms with E-state index in [9.17, 15) is 9.59 Å². The molecule has 1 heterocycles. The van der Waals surface area contributed by atoms with Gasteiger partial charge < -0.3 is 4.74 Å². The molecule has 5 rings (SSSR count). The Kier molecular flexibility index (Phi) is 3.33. The van der Waals surface area contributed by atoms with Crippen LogP contribution in [0.15, 0.2) is 0 Å². The molecule has 0 bridgehead atoms. The van der Waals surface area contributed by atoms with Crippen LogP contribution in [0.25, 0.3) is 0 Å². The Balaban J connectivity index is 1.41. The van der Waals surface area contributed by atoms with Crippen molar-refractivity contribution in [3.63, 3.8) is 0 Å². The summed E-state index contributed by atoms with van der Waals surface area (Å²) in [6, 6.07) is 0. The smallest absolute Gasteiger partial charge is 0.306 e. The highest BCUT2D eigenvalue weighted by atomic mass is 16.6. The van der Waals surface area contributed by atoms with Gasteiger partial charge in [0.2, 0.25) is 0 Å². The van der Waals surface area contributed by atoms with E-state index in [1.165, 1.54) is 25.7 Å². The average Bonchev–Trinajstić information content (AvgIpc) is 3.09. The van der Waals surface area contributed by atoms with Gasteiger partial charge in [-0.25, -0.2) is 0 Å². The zero-order valence-corrected chi connectivity index (χ0v) is 15.8. The van der Waals surface area contributed by atoms with Gasteiger partial charge in [0, 0.05) is 18.3 Å². The van der Waals surface area contributed by atoms with Crippen molar-refractivity contribution in [2.75, 3.05) is 0 Å². The summed E-state index contributed by atoms with van der Waals surface area (Å²) in [5, 5.41) is 0. The maximum absolute atomic E-state index is 12.5. The van der Waals surface area contributed by atoms with Crippen LogP contribution in [0.5, 0.6) is 0 Å². The summed E-state index contributed by atoms with van der Waals surface area (Å²) >= 11 is 0. The van der Waals surface area contributed by atoms with Gasteiger partial charge in [0.15, 0.2) is 0 Å². The lowest BCUT2D eigenvalue weighted by Gasteiger charge is -2.61. The van der Waals surface area contributed by atoms with Gasteiger partial charge in [0.05, 0.1) is 0 Å². The molecule has 1 aliphatic heterocycles. The number of ketones is 1. The number of carbonyl (C=O) groups excluding carboxylic acids is 2. The maximum atomic E-state index is 12.5. The second-order valence-corrected chi connectivity index (χ2v) is 10.4. The minimum absolute atomic E-state index is 0.0127. The highest BCUT2D eigenvalue weighted by molar-refractivity contribution is 5.87. The topological polar surface area (TPSA) is 43.4 Å². The molecule has 0 radical (unpaired) electrons. The zero-order valence-electron chi connectivity index (χ0n) is 15.8. The monoisotopic (exact) mass is 344 g/mol. The minimum Gasteiger partial charge on any atom is -0.459 e. The molecule has 3 heteroatoms. The van der Waals surface area contributed by atoms with E-state index in [0.717, 1.165) is 50.4 Å². The first-order valence-electron chi connectivity index (χ1n) is 10.6. The molecule has 4 aliphatic carbocycles. The third-order valence-electron chi connectivity index (χ3n) is 9.63. The van der Waals surface area contributed by atoms with Crippen molar-refractivity contribution in [2.24, 2.45) is 34.5 Å². The molecule has 5 fully saturated rings. The van der Waals surface area contributed by atoms with Crippen molar-refractivity contribution in [3.05, 3.63) is 0 Å². The summed E-state index contributed by atoms with van der Waals surface area (Å²) in [6.45, 7) is 4.81. The van der Waals surface area contributed by atoms with Crippen LogP contribution in [0.2, 0.25) is 0 Å². The van der Waals surface area contributed by atoms with E-state index in [2.05, 4.69) is 13.8 Å². The fourth-order valence-electron chi connectivity index (χ4n) is 8.07. The van der Waals surface area contributed by atoms with E-state index in [0.29, 0.717) is 29.5 Å². The molecule has 0 aromatic heterocycles. The third kappa shape index (κ3) is 2.10.